The number of benzene rings is 2. The molecule has 2 aromatic carbocycles. The Morgan fingerprint density at radius 3 is 2.35 bits per heavy atom. The van der Waals surface area contributed by atoms with Gasteiger partial charge in [-0.3, -0.25) is 4.79 Å². The molecule has 7 heteroatoms. The van der Waals surface area contributed by atoms with E-state index in [0.717, 1.165) is 32.1 Å². The van der Waals surface area contributed by atoms with Crippen molar-refractivity contribution >= 4 is 23.6 Å². The third-order valence-corrected chi connectivity index (χ3v) is 4.98. The fraction of sp³-hybridized carbons (Fsp3) is 0.370. The maximum absolute atomic E-state index is 12.6. The average Bonchev–Trinajstić information content (AvgIpc) is 2.86. The van der Waals surface area contributed by atoms with Crippen molar-refractivity contribution in [3.05, 3.63) is 59.2 Å². The van der Waals surface area contributed by atoms with Crippen molar-refractivity contribution in [1.82, 2.24) is 0 Å². The quantitative estimate of drug-likeness (QED) is 0.175. The first-order chi connectivity index (χ1) is 16.5. The summed E-state index contributed by atoms with van der Waals surface area (Å²) in [7, 11) is 1.54. The summed E-state index contributed by atoms with van der Waals surface area (Å²) in [5.41, 5.74) is 1.43. The van der Waals surface area contributed by atoms with Crippen molar-refractivity contribution < 1.29 is 23.8 Å². The summed E-state index contributed by atoms with van der Waals surface area (Å²) < 4.78 is 16.3. The molecular formula is C27H32N2O5. The van der Waals surface area contributed by atoms with Gasteiger partial charge in [0.1, 0.15) is 11.6 Å². The lowest BCUT2D eigenvalue weighted by atomic mass is 10.1. The molecule has 0 fully saturated rings. The predicted molar refractivity (Wildman–Crippen MR) is 132 cm³/mol. The van der Waals surface area contributed by atoms with E-state index >= 15 is 0 Å². The number of hydrogen-bond acceptors (Lipinski definition) is 6. The third-order valence-electron chi connectivity index (χ3n) is 4.98. The minimum Gasteiger partial charge on any atom is -0.493 e. The number of methoxy groups -OCH3 is 1. The summed E-state index contributed by atoms with van der Waals surface area (Å²) in [6.45, 7) is 5.12. The van der Waals surface area contributed by atoms with E-state index in [2.05, 4.69) is 12.2 Å². The lowest BCUT2D eigenvalue weighted by Crippen LogP contribution is -2.13. The zero-order chi connectivity index (χ0) is 24.8. The number of rotatable bonds is 13. The minimum atomic E-state index is -0.556. The van der Waals surface area contributed by atoms with Crippen molar-refractivity contribution in [3.8, 4) is 17.6 Å². The van der Waals surface area contributed by atoms with Crippen LogP contribution in [0.15, 0.2) is 48.0 Å². The molecule has 2 rings (SSSR count). The zero-order valence-corrected chi connectivity index (χ0v) is 20.1. The number of nitriles is 1. The summed E-state index contributed by atoms with van der Waals surface area (Å²) in [5.74, 6) is 0.187. The minimum absolute atomic E-state index is 0.0679. The molecule has 0 aliphatic carbocycles. The molecule has 1 amide bonds. The number of amides is 1. The number of unbranched alkanes of at least 4 members (excludes halogenated alkanes) is 3. The van der Waals surface area contributed by atoms with Crippen LogP contribution in [0.5, 0.6) is 11.5 Å². The summed E-state index contributed by atoms with van der Waals surface area (Å²) in [6.07, 6.45) is 6.40. The number of ether oxygens (including phenoxy) is 3. The molecule has 0 aromatic heterocycles. The number of esters is 1. The van der Waals surface area contributed by atoms with E-state index in [9.17, 15) is 14.9 Å². The van der Waals surface area contributed by atoms with Gasteiger partial charge < -0.3 is 19.5 Å². The highest BCUT2D eigenvalue weighted by Gasteiger charge is 2.12. The van der Waals surface area contributed by atoms with Crippen molar-refractivity contribution in [2.45, 2.75) is 46.0 Å². The van der Waals surface area contributed by atoms with Gasteiger partial charge in [0.2, 0.25) is 0 Å². The van der Waals surface area contributed by atoms with Crippen LogP contribution in [0, 0.1) is 11.3 Å². The van der Waals surface area contributed by atoms with Crippen molar-refractivity contribution in [1.29, 1.82) is 5.26 Å². The Morgan fingerprint density at radius 1 is 0.971 bits per heavy atom. The molecular weight excluding hydrogens is 432 g/mol. The molecule has 0 saturated heterocycles. The molecule has 0 spiro atoms. The van der Waals surface area contributed by atoms with Gasteiger partial charge in [0, 0.05) is 5.69 Å². The molecule has 34 heavy (non-hydrogen) atoms. The Hall–Kier alpha value is -3.79. The topological polar surface area (TPSA) is 97.7 Å². The highest BCUT2D eigenvalue weighted by molar-refractivity contribution is 6.09. The van der Waals surface area contributed by atoms with Crippen molar-refractivity contribution in [3.63, 3.8) is 0 Å². The van der Waals surface area contributed by atoms with E-state index in [4.69, 9.17) is 14.2 Å². The lowest BCUT2D eigenvalue weighted by molar-refractivity contribution is -0.112. The van der Waals surface area contributed by atoms with Gasteiger partial charge in [-0.25, -0.2) is 4.79 Å². The standard InChI is InChI=1S/C27H32N2O5/c1-4-6-8-16-33-24-14-9-20(18-25(24)32-3)17-22(19-28)26(30)29-23-12-10-21(11-13-23)27(31)34-15-7-5-2/h9-14,17-18H,4-8,15-16H2,1-3H3,(H,29,30). The molecule has 2 aromatic rings. The summed E-state index contributed by atoms with van der Waals surface area (Å²) >= 11 is 0. The van der Waals surface area contributed by atoms with E-state index in [-0.39, 0.29) is 5.57 Å². The number of carbonyl (C=O) groups excluding carboxylic acids is 2. The van der Waals surface area contributed by atoms with Crippen LogP contribution in [0.1, 0.15) is 61.9 Å². The van der Waals surface area contributed by atoms with E-state index in [1.165, 1.54) is 6.08 Å². The van der Waals surface area contributed by atoms with Crippen molar-refractivity contribution in [2.75, 3.05) is 25.6 Å². The van der Waals surface area contributed by atoms with Crippen LogP contribution >= 0.6 is 0 Å². The van der Waals surface area contributed by atoms with Crippen LogP contribution in [0.25, 0.3) is 6.08 Å². The normalized spacial score (nSPS) is 10.8. The average molecular weight is 465 g/mol. The fourth-order valence-electron chi connectivity index (χ4n) is 3.02. The van der Waals surface area contributed by atoms with Gasteiger partial charge >= 0.3 is 5.97 Å². The number of nitrogens with zero attached hydrogens (tertiary/aromatic N) is 1. The van der Waals surface area contributed by atoms with Crippen LogP contribution < -0.4 is 14.8 Å². The van der Waals surface area contributed by atoms with Crippen LogP contribution in [0.4, 0.5) is 5.69 Å². The summed E-state index contributed by atoms with van der Waals surface area (Å²) in [5, 5.41) is 12.2. The van der Waals surface area contributed by atoms with E-state index in [1.807, 2.05) is 13.0 Å². The molecule has 0 unspecified atom stereocenters. The second-order valence-corrected chi connectivity index (χ2v) is 7.66. The Balaban J connectivity index is 2.05. The Bertz CT molecular complexity index is 1020. The Kier molecular flexibility index (Phi) is 11.2. The molecule has 0 atom stereocenters. The largest absolute Gasteiger partial charge is 0.493 e. The molecule has 180 valence electrons. The molecule has 0 aliphatic heterocycles. The second kappa shape index (κ2) is 14.4. The first-order valence-corrected chi connectivity index (χ1v) is 11.5. The number of carbonyl (C=O) groups is 2. The lowest BCUT2D eigenvalue weighted by Gasteiger charge is -2.11. The first kappa shape index (κ1) is 26.5. The van der Waals surface area contributed by atoms with Crippen molar-refractivity contribution in [2.24, 2.45) is 0 Å². The van der Waals surface area contributed by atoms with Gasteiger partial charge in [0.05, 0.1) is 25.9 Å². The van der Waals surface area contributed by atoms with E-state index < -0.39 is 11.9 Å². The van der Waals surface area contributed by atoms with Crippen LogP contribution in [0.2, 0.25) is 0 Å². The number of anilines is 1. The molecule has 0 heterocycles. The third kappa shape index (κ3) is 8.28. The van der Waals surface area contributed by atoms with Crippen LogP contribution in [-0.4, -0.2) is 32.2 Å². The maximum atomic E-state index is 12.6. The molecule has 0 aliphatic rings. The number of hydrogen-bond donors (Lipinski definition) is 1. The van der Waals surface area contributed by atoms with Gasteiger partial charge in [-0.1, -0.05) is 39.2 Å². The molecule has 0 radical (unpaired) electrons. The Morgan fingerprint density at radius 2 is 1.71 bits per heavy atom. The highest BCUT2D eigenvalue weighted by atomic mass is 16.5. The summed E-state index contributed by atoms with van der Waals surface area (Å²) in [4.78, 5) is 24.6. The molecule has 7 nitrogen and oxygen atoms in total. The zero-order valence-electron chi connectivity index (χ0n) is 20.1. The second-order valence-electron chi connectivity index (χ2n) is 7.66. The summed E-state index contributed by atoms with van der Waals surface area (Å²) in [6, 6.07) is 13.5. The predicted octanol–water partition coefficient (Wildman–Crippen LogP) is 5.77. The van der Waals surface area contributed by atoms with Gasteiger partial charge in [0.15, 0.2) is 11.5 Å². The van der Waals surface area contributed by atoms with Gasteiger partial charge in [0.25, 0.3) is 5.91 Å². The SMILES string of the molecule is CCCCCOc1ccc(C=C(C#N)C(=O)Nc2ccc(C(=O)OCCCC)cc2)cc1OC. The van der Waals surface area contributed by atoms with Crippen LogP contribution in [-0.2, 0) is 9.53 Å². The monoisotopic (exact) mass is 464 g/mol. The fourth-order valence-corrected chi connectivity index (χ4v) is 3.02. The first-order valence-electron chi connectivity index (χ1n) is 11.5. The number of nitrogens with one attached hydrogen (secondary N) is 1. The molecule has 0 saturated carbocycles. The van der Waals surface area contributed by atoms with Crippen LogP contribution in [0.3, 0.4) is 0 Å². The van der Waals surface area contributed by atoms with E-state index in [1.54, 1.807) is 49.6 Å². The smallest absolute Gasteiger partial charge is 0.338 e. The Labute approximate surface area is 201 Å². The maximum Gasteiger partial charge on any atom is 0.338 e. The van der Waals surface area contributed by atoms with E-state index in [0.29, 0.717) is 41.5 Å². The van der Waals surface area contributed by atoms with Gasteiger partial charge in [-0.15, -0.1) is 0 Å². The highest BCUT2D eigenvalue weighted by Crippen LogP contribution is 2.29. The van der Waals surface area contributed by atoms with Gasteiger partial charge in [-0.05, 0) is 60.9 Å². The molecule has 1 N–H and O–H groups in total. The molecule has 0 bridgehead atoms. The van der Waals surface area contributed by atoms with Gasteiger partial charge in [-0.2, -0.15) is 5.26 Å².